The maximum absolute atomic E-state index is 12.0. The first-order valence-corrected chi connectivity index (χ1v) is 7.59. The van der Waals surface area contributed by atoms with E-state index >= 15 is 0 Å². The molecule has 0 saturated carbocycles. The van der Waals surface area contributed by atoms with Crippen LogP contribution in [0.15, 0.2) is 23.4 Å². The normalized spacial score (nSPS) is 16.3. The van der Waals surface area contributed by atoms with Gasteiger partial charge in [-0.3, -0.25) is 14.7 Å². The van der Waals surface area contributed by atoms with Crippen LogP contribution in [0.2, 0.25) is 0 Å². The predicted octanol–water partition coefficient (Wildman–Crippen LogP) is 0.865. The smallest absolute Gasteiger partial charge is 0.252 e. The predicted molar refractivity (Wildman–Crippen MR) is 75.6 cm³/mol. The lowest BCUT2D eigenvalue weighted by Gasteiger charge is -2.26. The molecule has 1 N–H and O–H groups in total. The second-order valence-electron chi connectivity index (χ2n) is 4.32. The van der Waals surface area contributed by atoms with Crippen molar-refractivity contribution in [3.05, 3.63) is 24.0 Å². The van der Waals surface area contributed by atoms with E-state index in [2.05, 4.69) is 15.2 Å². The number of hydrogen-bond donors (Lipinski definition) is 1. The third kappa shape index (κ3) is 4.49. The molecule has 0 atom stereocenters. The van der Waals surface area contributed by atoms with E-state index < -0.39 is 0 Å². The van der Waals surface area contributed by atoms with Crippen molar-refractivity contribution in [3.63, 3.8) is 0 Å². The number of morpholine rings is 1. The minimum absolute atomic E-state index is 0.0586. The molecule has 1 saturated heterocycles. The zero-order valence-corrected chi connectivity index (χ0v) is 11.9. The van der Waals surface area contributed by atoms with Crippen LogP contribution in [0.4, 0.5) is 0 Å². The number of amides is 1. The van der Waals surface area contributed by atoms with Crippen molar-refractivity contribution in [2.75, 3.05) is 45.6 Å². The molecule has 0 radical (unpaired) electrons. The number of pyridine rings is 1. The highest BCUT2D eigenvalue weighted by atomic mass is 32.2. The zero-order chi connectivity index (χ0) is 13.5. The van der Waals surface area contributed by atoms with E-state index in [-0.39, 0.29) is 5.91 Å². The second-order valence-corrected chi connectivity index (χ2v) is 5.20. The van der Waals surface area contributed by atoms with Gasteiger partial charge in [-0.2, -0.15) is 0 Å². The van der Waals surface area contributed by atoms with E-state index in [4.69, 9.17) is 4.74 Å². The van der Waals surface area contributed by atoms with Gasteiger partial charge in [0.2, 0.25) is 0 Å². The van der Waals surface area contributed by atoms with Gasteiger partial charge in [0.25, 0.3) is 5.91 Å². The van der Waals surface area contributed by atoms with Gasteiger partial charge >= 0.3 is 0 Å². The molecule has 6 heteroatoms. The fourth-order valence-electron chi connectivity index (χ4n) is 1.91. The Morgan fingerprint density at radius 1 is 1.47 bits per heavy atom. The van der Waals surface area contributed by atoms with E-state index in [1.807, 2.05) is 12.3 Å². The number of aromatic nitrogens is 1. The molecule has 2 rings (SSSR count). The van der Waals surface area contributed by atoms with E-state index in [0.717, 1.165) is 37.7 Å². The van der Waals surface area contributed by atoms with Crippen molar-refractivity contribution < 1.29 is 9.53 Å². The van der Waals surface area contributed by atoms with Crippen molar-refractivity contribution in [1.82, 2.24) is 15.2 Å². The first-order valence-electron chi connectivity index (χ1n) is 6.37. The van der Waals surface area contributed by atoms with Crippen LogP contribution >= 0.6 is 11.8 Å². The molecule has 5 nitrogen and oxygen atoms in total. The van der Waals surface area contributed by atoms with Gasteiger partial charge in [-0.1, -0.05) is 0 Å². The van der Waals surface area contributed by atoms with Gasteiger partial charge in [-0.15, -0.1) is 11.8 Å². The minimum atomic E-state index is -0.0586. The van der Waals surface area contributed by atoms with E-state index in [9.17, 15) is 4.79 Å². The Kier molecular flexibility index (Phi) is 5.62. The summed E-state index contributed by atoms with van der Waals surface area (Å²) in [6, 6.07) is 1.86. The average Bonchev–Trinajstić information content (AvgIpc) is 2.48. The molecule has 1 aliphatic heterocycles. The number of carbonyl (C=O) groups is 1. The maximum Gasteiger partial charge on any atom is 0.252 e. The van der Waals surface area contributed by atoms with Gasteiger partial charge in [0.1, 0.15) is 0 Å². The number of carbonyl (C=O) groups excluding carboxylic acids is 1. The summed E-state index contributed by atoms with van der Waals surface area (Å²) in [5.41, 5.74) is 0.619. The molecule has 0 spiro atoms. The van der Waals surface area contributed by atoms with E-state index in [0.29, 0.717) is 12.1 Å². The van der Waals surface area contributed by atoms with Gasteiger partial charge in [0, 0.05) is 43.5 Å². The first-order chi connectivity index (χ1) is 9.29. The third-order valence-corrected chi connectivity index (χ3v) is 3.72. The quantitative estimate of drug-likeness (QED) is 0.812. The standard InChI is InChI=1S/C13H19N3O2S/c1-19-12-8-11(9-14-10-12)13(17)15-2-3-16-4-6-18-7-5-16/h8-10H,2-7H2,1H3,(H,15,17). The summed E-state index contributed by atoms with van der Waals surface area (Å²) >= 11 is 1.58. The van der Waals surface area contributed by atoms with Crippen LogP contribution < -0.4 is 5.32 Å². The van der Waals surface area contributed by atoms with Crippen LogP contribution in [0, 0.1) is 0 Å². The molecule has 1 amide bonds. The number of nitrogens with one attached hydrogen (secondary N) is 1. The molecule has 1 aromatic heterocycles. The SMILES string of the molecule is CSc1cncc(C(=O)NCCN2CCOCC2)c1. The summed E-state index contributed by atoms with van der Waals surface area (Å²) in [5.74, 6) is -0.0586. The Morgan fingerprint density at radius 2 is 2.26 bits per heavy atom. The van der Waals surface area contributed by atoms with Gasteiger partial charge in [0.05, 0.1) is 18.8 Å². The molecule has 19 heavy (non-hydrogen) atoms. The van der Waals surface area contributed by atoms with Crippen molar-refractivity contribution in [3.8, 4) is 0 Å². The van der Waals surface area contributed by atoms with Gasteiger partial charge < -0.3 is 10.1 Å². The molecular weight excluding hydrogens is 262 g/mol. The fraction of sp³-hybridized carbons (Fsp3) is 0.538. The van der Waals surface area contributed by atoms with Crippen LogP contribution in [0.1, 0.15) is 10.4 Å². The van der Waals surface area contributed by atoms with Crippen molar-refractivity contribution in [1.29, 1.82) is 0 Å². The fourth-order valence-corrected chi connectivity index (χ4v) is 2.32. The van der Waals surface area contributed by atoms with Crippen LogP contribution in [-0.2, 0) is 4.74 Å². The number of ether oxygens (including phenoxy) is 1. The van der Waals surface area contributed by atoms with Crippen LogP contribution in [0.3, 0.4) is 0 Å². The molecule has 1 aromatic rings. The number of hydrogen-bond acceptors (Lipinski definition) is 5. The monoisotopic (exact) mass is 281 g/mol. The summed E-state index contributed by atoms with van der Waals surface area (Å²) in [7, 11) is 0. The summed E-state index contributed by atoms with van der Waals surface area (Å²) in [4.78, 5) is 19.3. The minimum Gasteiger partial charge on any atom is -0.379 e. The molecule has 1 aliphatic rings. The lowest BCUT2D eigenvalue weighted by molar-refractivity contribution is 0.0383. The van der Waals surface area contributed by atoms with Crippen LogP contribution in [0.5, 0.6) is 0 Å². The number of nitrogens with zero attached hydrogens (tertiary/aromatic N) is 2. The maximum atomic E-state index is 12.0. The van der Waals surface area contributed by atoms with Crippen LogP contribution in [0.25, 0.3) is 0 Å². The topological polar surface area (TPSA) is 54.5 Å². The van der Waals surface area contributed by atoms with Gasteiger partial charge in [0.15, 0.2) is 0 Å². The van der Waals surface area contributed by atoms with E-state index in [1.165, 1.54) is 0 Å². The Labute approximate surface area is 117 Å². The zero-order valence-electron chi connectivity index (χ0n) is 11.1. The largest absolute Gasteiger partial charge is 0.379 e. The third-order valence-electron chi connectivity index (χ3n) is 3.03. The van der Waals surface area contributed by atoms with Gasteiger partial charge in [-0.25, -0.2) is 0 Å². The lowest BCUT2D eigenvalue weighted by Crippen LogP contribution is -2.41. The Hall–Kier alpha value is -1.11. The second kappa shape index (κ2) is 7.47. The molecule has 0 aliphatic carbocycles. The van der Waals surface area contributed by atoms with Gasteiger partial charge in [-0.05, 0) is 12.3 Å². The highest BCUT2D eigenvalue weighted by molar-refractivity contribution is 7.98. The van der Waals surface area contributed by atoms with Crippen molar-refractivity contribution >= 4 is 17.7 Å². The molecule has 2 heterocycles. The highest BCUT2D eigenvalue weighted by Gasteiger charge is 2.11. The Morgan fingerprint density at radius 3 is 3.00 bits per heavy atom. The van der Waals surface area contributed by atoms with Crippen molar-refractivity contribution in [2.45, 2.75) is 4.90 Å². The summed E-state index contributed by atoms with van der Waals surface area (Å²) < 4.78 is 5.28. The molecule has 104 valence electrons. The van der Waals surface area contributed by atoms with Crippen molar-refractivity contribution in [2.24, 2.45) is 0 Å². The molecule has 1 fully saturated rings. The highest BCUT2D eigenvalue weighted by Crippen LogP contribution is 2.13. The summed E-state index contributed by atoms with van der Waals surface area (Å²) in [5, 5.41) is 2.93. The first kappa shape index (κ1) is 14.3. The summed E-state index contributed by atoms with van der Waals surface area (Å²) in [6.07, 6.45) is 5.33. The molecule has 0 aromatic carbocycles. The Bertz CT molecular complexity index is 422. The average molecular weight is 281 g/mol. The summed E-state index contributed by atoms with van der Waals surface area (Å²) in [6.45, 7) is 4.98. The van der Waals surface area contributed by atoms with E-state index in [1.54, 1.807) is 24.2 Å². The molecule has 0 bridgehead atoms. The molecule has 0 unspecified atom stereocenters. The lowest BCUT2D eigenvalue weighted by atomic mass is 10.2. The number of rotatable bonds is 5. The molecular formula is C13H19N3O2S. The Balaban J connectivity index is 1.77. The van der Waals surface area contributed by atoms with Crippen LogP contribution in [-0.4, -0.2) is 61.4 Å². The number of thioether (sulfide) groups is 1.